The van der Waals surface area contributed by atoms with Gasteiger partial charge in [0.25, 0.3) is 5.91 Å². The summed E-state index contributed by atoms with van der Waals surface area (Å²) in [6.07, 6.45) is -0.204. The Hall–Kier alpha value is -3.22. The van der Waals surface area contributed by atoms with Crippen LogP contribution < -0.4 is 10.6 Å². The van der Waals surface area contributed by atoms with Gasteiger partial charge in [-0.25, -0.2) is 4.39 Å². The molecule has 1 aliphatic rings. The van der Waals surface area contributed by atoms with Crippen LogP contribution >= 0.6 is 0 Å². The van der Waals surface area contributed by atoms with Gasteiger partial charge in [-0.1, -0.05) is 35.5 Å². The SMILES string of the molecule is O=C(CCNC(=O)[C@@H]1CC(c2ccccc2)=NO1)Nc1ccc(F)cc1. The summed E-state index contributed by atoms with van der Waals surface area (Å²) >= 11 is 0. The second-order valence-corrected chi connectivity index (χ2v) is 5.80. The van der Waals surface area contributed by atoms with Crippen LogP contribution in [0.4, 0.5) is 10.1 Å². The second kappa shape index (κ2) is 8.24. The van der Waals surface area contributed by atoms with Crippen LogP contribution in [0.15, 0.2) is 59.8 Å². The van der Waals surface area contributed by atoms with Gasteiger partial charge in [0.2, 0.25) is 12.0 Å². The van der Waals surface area contributed by atoms with Gasteiger partial charge in [0.15, 0.2) is 0 Å². The van der Waals surface area contributed by atoms with Crippen LogP contribution in [0.25, 0.3) is 0 Å². The lowest BCUT2D eigenvalue weighted by Crippen LogP contribution is -2.36. The third kappa shape index (κ3) is 4.66. The largest absolute Gasteiger partial charge is 0.382 e. The minimum atomic E-state index is -0.689. The van der Waals surface area contributed by atoms with Gasteiger partial charge in [0.1, 0.15) is 5.82 Å². The highest BCUT2D eigenvalue weighted by atomic mass is 19.1. The summed E-state index contributed by atoms with van der Waals surface area (Å²) in [6.45, 7) is 0.173. The lowest BCUT2D eigenvalue weighted by Gasteiger charge is -2.10. The van der Waals surface area contributed by atoms with Gasteiger partial charge >= 0.3 is 0 Å². The van der Waals surface area contributed by atoms with Crippen molar-refractivity contribution >= 4 is 23.2 Å². The summed E-state index contributed by atoms with van der Waals surface area (Å²) < 4.78 is 12.8. The molecule has 0 unspecified atom stereocenters. The van der Waals surface area contributed by atoms with Crippen molar-refractivity contribution < 1.29 is 18.8 Å². The maximum Gasteiger partial charge on any atom is 0.264 e. The van der Waals surface area contributed by atoms with E-state index in [9.17, 15) is 14.0 Å². The zero-order valence-corrected chi connectivity index (χ0v) is 13.9. The Morgan fingerprint density at radius 1 is 1.12 bits per heavy atom. The summed E-state index contributed by atoms with van der Waals surface area (Å²) in [5.41, 5.74) is 2.14. The summed E-state index contributed by atoms with van der Waals surface area (Å²) in [6, 6.07) is 15.0. The standard InChI is InChI=1S/C19H18FN3O3/c20-14-6-8-15(9-7-14)22-18(24)10-11-21-19(25)17-12-16(23-26-17)13-4-2-1-3-5-13/h1-9,17H,10-12H2,(H,21,25)(H,22,24)/t17-/m0/s1. The average molecular weight is 355 g/mol. The molecule has 0 saturated carbocycles. The number of hydrogen-bond acceptors (Lipinski definition) is 4. The van der Waals surface area contributed by atoms with Gasteiger partial charge < -0.3 is 15.5 Å². The van der Waals surface area contributed by atoms with Gasteiger partial charge in [-0.15, -0.1) is 0 Å². The van der Waals surface area contributed by atoms with Gasteiger partial charge in [-0.3, -0.25) is 9.59 Å². The molecule has 2 amide bonds. The molecule has 1 atom stereocenters. The van der Waals surface area contributed by atoms with Crippen LogP contribution in [0.1, 0.15) is 18.4 Å². The maximum absolute atomic E-state index is 12.8. The van der Waals surface area contributed by atoms with E-state index in [0.29, 0.717) is 12.1 Å². The van der Waals surface area contributed by atoms with Crippen LogP contribution in [0, 0.1) is 5.82 Å². The fourth-order valence-electron chi connectivity index (χ4n) is 2.49. The maximum atomic E-state index is 12.8. The van der Waals surface area contributed by atoms with E-state index in [-0.39, 0.29) is 30.6 Å². The molecule has 134 valence electrons. The molecule has 1 heterocycles. The number of oxime groups is 1. The highest BCUT2D eigenvalue weighted by Crippen LogP contribution is 2.16. The lowest BCUT2D eigenvalue weighted by atomic mass is 10.0. The zero-order valence-electron chi connectivity index (χ0n) is 13.9. The molecule has 0 aliphatic carbocycles. The Morgan fingerprint density at radius 2 is 1.85 bits per heavy atom. The van der Waals surface area contributed by atoms with E-state index in [0.717, 1.165) is 11.3 Å². The number of amides is 2. The number of nitrogens with zero attached hydrogens (tertiary/aromatic N) is 1. The molecule has 0 bridgehead atoms. The average Bonchev–Trinajstić information content (AvgIpc) is 3.15. The zero-order chi connectivity index (χ0) is 18.4. The summed E-state index contributed by atoms with van der Waals surface area (Å²) in [7, 11) is 0. The highest BCUT2D eigenvalue weighted by molar-refractivity contribution is 6.04. The summed E-state index contributed by atoms with van der Waals surface area (Å²) in [5.74, 6) is -0.955. The third-order valence-electron chi connectivity index (χ3n) is 3.85. The van der Waals surface area contributed by atoms with Crippen molar-refractivity contribution in [3.63, 3.8) is 0 Å². The smallest absolute Gasteiger partial charge is 0.264 e. The molecule has 2 aromatic carbocycles. The van der Waals surface area contributed by atoms with Crippen molar-refractivity contribution in [3.05, 3.63) is 66.0 Å². The predicted octanol–water partition coefficient (Wildman–Crippen LogP) is 2.46. The normalized spacial score (nSPS) is 15.7. The Labute approximate surface area is 150 Å². The number of rotatable bonds is 6. The Morgan fingerprint density at radius 3 is 2.58 bits per heavy atom. The first-order valence-corrected chi connectivity index (χ1v) is 8.23. The van der Waals surface area contributed by atoms with Crippen molar-refractivity contribution in [2.75, 3.05) is 11.9 Å². The molecular weight excluding hydrogens is 337 g/mol. The lowest BCUT2D eigenvalue weighted by molar-refractivity contribution is -0.131. The van der Waals surface area contributed by atoms with E-state index in [1.54, 1.807) is 0 Å². The minimum absolute atomic E-state index is 0.0994. The number of benzene rings is 2. The second-order valence-electron chi connectivity index (χ2n) is 5.80. The van der Waals surface area contributed by atoms with E-state index in [4.69, 9.17) is 4.84 Å². The van der Waals surface area contributed by atoms with Crippen LogP contribution in [-0.4, -0.2) is 30.2 Å². The molecule has 3 rings (SSSR count). The number of hydrogen-bond donors (Lipinski definition) is 2. The molecule has 0 spiro atoms. The molecule has 0 radical (unpaired) electrons. The van der Waals surface area contributed by atoms with Crippen molar-refractivity contribution in [1.82, 2.24) is 5.32 Å². The van der Waals surface area contributed by atoms with Crippen LogP contribution in [0.2, 0.25) is 0 Å². The molecule has 2 aromatic rings. The van der Waals surface area contributed by atoms with E-state index in [1.807, 2.05) is 30.3 Å². The molecule has 0 fully saturated rings. The fraction of sp³-hybridized carbons (Fsp3) is 0.211. The van der Waals surface area contributed by atoms with Crippen molar-refractivity contribution in [2.45, 2.75) is 18.9 Å². The molecule has 2 N–H and O–H groups in total. The molecule has 7 heteroatoms. The van der Waals surface area contributed by atoms with E-state index in [1.165, 1.54) is 24.3 Å². The minimum Gasteiger partial charge on any atom is -0.382 e. The van der Waals surface area contributed by atoms with E-state index < -0.39 is 6.10 Å². The first-order valence-electron chi connectivity index (χ1n) is 8.23. The number of nitrogens with one attached hydrogen (secondary N) is 2. The Balaban J connectivity index is 1.39. The Kier molecular flexibility index (Phi) is 5.58. The first-order chi connectivity index (χ1) is 12.6. The summed E-state index contributed by atoms with van der Waals surface area (Å²) in [5, 5.41) is 9.25. The van der Waals surface area contributed by atoms with Crippen LogP contribution in [0.5, 0.6) is 0 Å². The molecule has 6 nitrogen and oxygen atoms in total. The van der Waals surface area contributed by atoms with Crippen LogP contribution in [-0.2, 0) is 14.4 Å². The number of anilines is 1. The quantitative estimate of drug-likeness (QED) is 0.835. The topological polar surface area (TPSA) is 79.8 Å². The predicted molar refractivity (Wildman–Crippen MR) is 95.1 cm³/mol. The van der Waals surface area contributed by atoms with Gasteiger partial charge in [0.05, 0.1) is 5.71 Å². The van der Waals surface area contributed by atoms with Gasteiger partial charge in [-0.2, -0.15) is 0 Å². The highest BCUT2D eigenvalue weighted by Gasteiger charge is 2.28. The monoisotopic (exact) mass is 355 g/mol. The molecule has 0 aromatic heterocycles. The molecule has 26 heavy (non-hydrogen) atoms. The van der Waals surface area contributed by atoms with E-state index >= 15 is 0 Å². The summed E-state index contributed by atoms with van der Waals surface area (Å²) in [4.78, 5) is 29.1. The van der Waals surface area contributed by atoms with E-state index in [2.05, 4.69) is 15.8 Å². The number of carbonyl (C=O) groups excluding carboxylic acids is 2. The third-order valence-corrected chi connectivity index (χ3v) is 3.85. The van der Waals surface area contributed by atoms with Crippen molar-refractivity contribution in [2.24, 2.45) is 5.16 Å². The van der Waals surface area contributed by atoms with Gasteiger partial charge in [-0.05, 0) is 29.8 Å². The molecular formula is C19H18FN3O3. The van der Waals surface area contributed by atoms with Gasteiger partial charge in [0, 0.05) is 25.1 Å². The Bertz CT molecular complexity index is 807. The van der Waals surface area contributed by atoms with Crippen LogP contribution in [0.3, 0.4) is 0 Å². The first kappa shape index (κ1) is 17.6. The van der Waals surface area contributed by atoms with Crippen molar-refractivity contribution in [1.29, 1.82) is 0 Å². The molecule has 0 saturated heterocycles. The number of halogens is 1. The fourth-order valence-corrected chi connectivity index (χ4v) is 2.49. The number of carbonyl (C=O) groups is 2. The van der Waals surface area contributed by atoms with Crippen molar-refractivity contribution in [3.8, 4) is 0 Å². The molecule has 1 aliphatic heterocycles.